The van der Waals surface area contributed by atoms with Crippen LogP contribution in [0.25, 0.3) is 10.8 Å². The predicted octanol–water partition coefficient (Wildman–Crippen LogP) is 4.90. The molecule has 0 aliphatic heterocycles. The number of carbonyl (C=O) groups is 1. The minimum atomic E-state index is -0.343. The summed E-state index contributed by atoms with van der Waals surface area (Å²) in [6, 6.07) is 11.6. The smallest absolute Gasteiger partial charge is 0.187 e. The molecule has 4 heteroatoms. The first kappa shape index (κ1) is 12.3. The van der Waals surface area contributed by atoms with Gasteiger partial charge in [0.15, 0.2) is 5.78 Å². The average molecular weight is 407 g/mol. The summed E-state index contributed by atoms with van der Waals surface area (Å²) in [5, 5.41) is 2.01. The SMILES string of the molecule is O=C(c1ccc(Br)c2ccccc12)C(Br)Br. The van der Waals surface area contributed by atoms with Crippen LogP contribution in [0.15, 0.2) is 40.9 Å². The van der Waals surface area contributed by atoms with Gasteiger partial charge in [-0.3, -0.25) is 4.79 Å². The molecule has 0 atom stereocenters. The van der Waals surface area contributed by atoms with Crippen molar-refractivity contribution in [3.63, 3.8) is 0 Å². The molecule has 0 aliphatic rings. The normalized spacial score (nSPS) is 11.0. The van der Waals surface area contributed by atoms with Crippen molar-refractivity contribution in [1.29, 1.82) is 0 Å². The third-order valence-corrected chi connectivity index (χ3v) is 3.86. The highest BCUT2D eigenvalue weighted by Gasteiger charge is 2.16. The van der Waals surface area contributed by atoms with Crippen LogP contribution in [0, 0.1) is 0 Å². The Morgan fingerprint density at radius 3 is 2.25 bits per heavy atom. The lowest BCUT2D eigenvalue weighted by atomic mass is 10.0. The van der Waals surface area contributed by atoms with Crippen molar-refractivity contribution in [1.82, 2.24) is 0 Å². The molecule has 2 aromatic carbocycles. The van der Waals surface area contributed by atoms with Gasteiger partial charge >= 0.3 is 0 Å². The van der Waals surface area contributed by atoms with Gasteiger partial charge in [-0.2, -0.15) is 0 Å². The van der Waals surface area contributed by atoms with Crippen molar-refractivity contribution in [2.24, 2.45) is 0 Å². The molecule has 0 N–H and O–H groups in total. The first-order valence-electron chi connectivity index (χ1n) is 4.61. The largest absolute Gasteiger partial charge is 0.292 e. The van der Waals surface area contributed by atoms with Gasteiger partial charge in [-0.1, -0.05) is 72.1 Å². The Kier molecular flexibility index (Phi) is 3.82. The summed E-state index contributed by atoms with van der Waals surface area (Å²) in [4.78, 5) is 12.0. The standard InChI is InChI=1S/C12H7Br3O/c13-10-6-5-9(11(16)12(14)15)7-3-1-2-4-8(7)10/h1-6,12H. The lowest BCUT2D eigenvalue weighted by Crippen LogP contribution is -2.07. The molecule has 82 valence electrons. The Labute approximate surface area is 119 Å². The van der Waals surface area contributed by atoms with Crippen molar-refractivity contribution in [2.45, 2.75) is 3.74 Å². The second-order valence-corrected chi connectivity index (χ2v) is 7.22. The molecular weight excluding hydrogens is 400 g/mol. The third-order valence-electron chi connectivity index (χ3n) is 2.33. The van der Waals surface area contributed by atoms with E-state index in [0.29, 0.717) is 0 Å². The first-order valence-corrected chi connectivity index (χ1v) is 7.23. The number of carbonyl (C=O) groups excluding carboxylic acids is 1. The number of Topliss-reactive ketones (excluding diaryl/α,β-unsaturated/α-hetero) is 1. The highest BCUT2D eigenvalue weighted by molar-refractivity contribution is 9.25. The number of benzene rings is 2. The summed E-state index contributed by atoms with van der Waals surface area (Å²) in [6.45, 7) is 0. The number of halogens is 3. The molecule has 0 aromatic heterocycles. The fourth-order valence-corrected chi connectivity index (χ4v) is 2.57. The van der Waals surface area contributed by atoms with Crippen molar-refractivity contribution in [2.75, 3.05) is 0 Å². The highest BCUT2D eigenvalue weighted by atomic mass is 79.9. The van der Waals surface area contributed by atoms with Crippen LogP contribution >= 0.6 is 47.8 Å². The summed E-state index contributed by atoms with van der Waals surface area (Å²) in [7, 11) is 0. The Morgan fingerprint density at radius 1 is 1.00 bits per heavy atom. The zero-order chi connectivity index (χ0) is 11.7. The molecule has 0 heterocycles. The van der Waals surface area contributed by atoms with Crippen molar-refractivity contribution < 1.29 is 4.79 Å². The van der Waals surface area contributed by atoms with E-state index in [4.69, 9.17) is 0 Å². The van der Waals surface area contributed by atoms with Gasteiger partial charge in [-0.25, -0.2) is 0 Å². The van der Waals surface area contributed by atoms with E-state index in [1.165, 1.54) is 0 Å². The van der Waals surface area contributed by atoms with E-state index in [-0.39, 0.29) is 9.52 Å². The van der Waals surface area contributed by atoms with E-state index in [1.807, 2.05) is 36.4 Å². The van der Waals surface area contributed by atoms with Gasteiger partial charge in [0.1, 0.15) is 3.74 Å². The van der Waals surface area contributed by atoms with E-state index in [9.17, 15) is 4.79 Å². The summed E-state index contributed by atoms with van der Waals surface area (Å²) in [5.74, 6) is 0.0312. The number of fused-ring (bicyclic) bond motifs is 1. The molecule has 0 amide bonds. The topological polar surface area (TPSA) is 17.1 Å². The van der Waals surface area contributed by atoms with Gasteiger partial charge in [0.2, 0.25) is 0 Å². The van der Waals surface area contributed by atoms with Crippen LogP contribution in [-0.4, -0.2) is 9.52 Å². The molecular formula is C12H7Br3O. The molecule has 16 heavy (non-hydrogen) atoms. The minimum Gasteiger partial charge on any atom is -0.292 e. The monoisotopic (exact) mass is 404 g/mol. The Bertz CT molecular complexity index is 549. The van der Waals surface area contributed by atoms with Crippen molar-refractivity contribution in [3.8, 4) is 0 Å². The van der Waals surface area contributed by atoms with Gasteiger partial charge in [-0.15, -0.1) is 0 Å². The second kappa shape index (κ2) is 4.98. The van der Waals surface area contributed by atoms with Crippen LogP contribution in [0.5, 0.6) is 0 Å². The predicted molar refractivity (Wildman–Crippen MR) is 77.6 cm³/mol. The number of hydrogen-bond donors (Lipinski definition) is 0. The third kappa shape index (κ3) is 2.24. The van der Waals surface area contributed by atoms with Gasteiger partial charge in [0, 0.05) is 10.0 Å². The average Bonchev–Trinajstić information content (AvgIpc) is 2.29. The number of rotatable bonds is 2. The zero-order valence-electron chi connectivity index (χ0n) is 8.08. The summed E-state index contributed by atoms with van der Waals surface area (Å²) in [5.41, 5.74) is 0.720. The van der Waals surface area contributed by atoms with Crippen LogP contribution < -0.4 is 0 Å². The van der Waals surface area contributed by atoms with E-state index in [0.717, 1.165) is 20.8 Å². The van der Waals surface area contributed by atoms with Crippen LogP contribution in [0.4, 0.5) is 0 Å². The molecule has 2 aromatic rings. The maximum atomic E-state index is 12.0. The van der Waals surface area contributed by atoms with Gasteiger partial charge < -0.3 is 0 Å². The van der Waals surface area contributed by atoms with Crippen molar-refractivity contribution in [3.05, 3.63) is 46.4 Å². The van der Waals surface area contributed by atoms with Crippen LogP contribution in [0.1, 0.15) is 10.4 Å². The Hall–Kier alpha value is -0.190. The molecule has 1 nitrogen and oxygen atoms in total. The highest BCUT2D eigenvalue weighted by Crippen LogP contribution is 2.29. The lowest BCUT2D eigenvalue weighted by Gasteiger charge is -2.07. The molecule has 2 rings (SSSR count). The van der Waals surface area contributed by atoms with Gasteiger partial charge in [-0.05, 0) is 22.9 Å². The summed E-state index contributed by atoms with van der Waals surface area (Å²) >= 11 is 9.95. The van der Waals surface area contributed by atoms with Gasteiger partial charge in [0.25, 0.3) is 0 Å². The Balaban J connectivity index is 2.72. The number of hydrogen-bond acceptors (Lipinski definition) is 1. The second-order valence-electron chi connectivity index (χ2n) is 3.31. The zero-order valence-corrected chi connectivity index (χ0v) is 12.8. The van der Waals surface area contributed by atoms with E-state index in [1.54, 1.807) is 0 Å². The van der Waals surface area contributed by atoms with E-state index in [2.05, 4.69) is 47.8 Å². The number of ketones is 1. The molecule has 0 aliphatic carbocycles. The van der Waals surface area contributed by atoms with E-state index < -0.39 is 0 Å². The first-order chi connectivity index (χ1) is 7.61. The molecule has 0 saturated carbocycles. The molecule has 0 radical (unpaired) electrons. The lowest BCUT2D eigenvalue weighted by molar-refractivity contribution is 0.101. The van der Waals surface area contributed by atoms with Crippen LogP contribution in [0.3, 0.4) is 0 Å². The van der Waals surface area contributed by atoms with Crippen LogP contribution in [0.2, 0.25) is 0 Å². The number of alkyl halides is 2. The molecule has 0 spiro atoms. The maximum Gasteiger partial charge on any atom is 0.187 e. The van der Waals surface area contributed by atoms with E-state index >= 15 is 0 Å². The van der Waals surface area contributed by atoms with Crippen molar-refractivity contribution >= 4 is 64.3 Å². The fraction of sp³-hybridized carbons (Fsp3) is 0.0833. The molecule has 0 bridgehead atoms. The summed E-state index contributed by atoms with van der Waals surface area (Å²) < 4.78 is 0.657. The molecule has 0 saturated heterocycles. The quantitative estimate of drug-likeness (QED) is 0.512. The molecule has 0 unspecified atom stereocenters. The minimum absolute atomic E-state index is 0.0312. The summed E-state index contributed by atoms with van der Waals surface area (Å²) in [6.07, 6.45) is 0. The maximum absolute atomic E-state index is 12.0. The van der Waals surface area contributed by atoms with Crippen LogP contribution in [-0.2, 0) is 0 Å². The molecule has 0 fully saturated rings. The van der Waals surface area contributed by atoms with Gasteiger partial charge in [0.05, 0.1) is 0 Å². The fourth-order valence-electron chi connectivity index (χ4n) is 1.59. The Morgan fingerprint density at radius 2 is 1.62 bits per heavy atom.